The maximum Gasteiger partial charge on any atom is 0.122 e. The number of aliphatic hydroxyl groups is 1. The molecule has 0 spiro atoms. The van der Waals surface area contributed by atoms with Gasteiger partial charge in [-0.1, -0.05) is 36.4 Å². The van der Waals surface area contributed by atoms with E-state index in [4.69, 9.17) is 11.6 Å². The lowest BCUT2D eigenvalue weighted by Gasteiger charge is -2.12. The molecule has 0 aliphatic heterocycles. The van der Waals surface area contributed by atoms with Crippen LogP contribution in [-0.4, -0.2) is 10.7 Å². The van der Waals surface area contributed by atoms with E-state index in [0.29, 0.717) is 11.4 Å². The van der Waals surface area contributed by atoms with Gasteiger partial charge in [0.25, 0.3) is 0 Å². The molecule has 1 atom stereocenters. The van der Waals surface area contributed by atoms with Crippen molar-refractivity contribution in [3.05, 3.63) is 34.3 Å². The van der Waals surface area contributed by atoms with Gasteiger partial charge in [0.1, 0.15) is 5.60 Å². The zero-order valence-corrected chi connectivity index (χ0v) is 10.0. The van der Waals surface area contributed by atoms with E-state index in [1.165, 1.54) is 0 Å². The second kappa shape index (κ2) is 4.70. The van der Waals surface area contributed by atoms with Crippen LogP contribution in [0.5, 0.6) is 0 Å². The van der Waals surface area contributed by atoms with Crippen molar-refractivity contribution in [1.29, 1.82) is 0 Å². The van der Waals surface area contributed by atoms with Crippen LogP contribution in [0.4, 0.5) is 0 Å². The van der Waals surface area contributed by atoms with Gasteiger partial charge in [0.2, 0.25) is 0 Å². The monoisotopic (exact) mass is 222 g/mol. The van der Waals surface area contributed by atoms with Crippen LogP contribution in [0.1, 0.15) is 31.4 Å². The number of rotatable bonds is 1. The Hall–Kier alpha value is -0.970. The molecule has 1 aromatic rings. The number of halogens is 1. The van der Waals surface area contributed by atoms with Crippen LogP contribution >= 0.6 is 11.6 Å². The average Bonchev–Trinajstić information content (AvgIpc) is 2.20. The molecule has 0 radical (unpaired) electrons. The minimum absolute atomic E-state index is 0.611. The highest BCUT2D eigenvalue weighted by Crippen LogP contribution is 2.15. The Labute approximate surface area is 96.1 Å². The van der Waals surface area contributed by atoms with Gasteiger partial charge in [-0.3, -0.25) is 0 Å². The summed E-state index contributed by atoms with van der Waals surface area (Å²) in [7, 11) is 0. The van der Waals surface area contributed by atoms with Crippen LogP contribution in [0, 0.1) is 18.8 Å². The molecule has 1 nitrogen and oxygen atoms in total. The van der Waals surface area contributed by atoms with Crippen molar-refractivity contribution in [3.63, 3.8) is 0 Å². The van der Waals surface area contributed by atoms with E-state index in [9.17, 15) is 5.11 Å². The summed E-state index contributed by atoms with van der Waals surface area (Å²) in [6, 6.07) is 5.57. The largest absolute Gasteiger partial charge is 0.378 e. The highest BCUT2D eigenvalue weighted by molar-refractivity contribution is 6.30. The van der Waals surface area contributed by atoms with Crippen molar-refractivity contribution >= 4 is 11.6 Å². The van der Waals surface area contributed by atoms with E-state index >= 15 is 0 Å². The summed E-state index contributed by atoms with van der Waals surface area (Å²) < 4.78 is 0. The molecular weight excluding hydrogens is 208 g/mol. The topological polar surface area (TPSA) is 20.2 Å². The van der Waals surface area contributed by atoms with Gasteiger partial charge in [-0.2, -0.15) is 0 Å². The third-order valence-electron chi connectivity index (χ3n) is 2.35. The summed E-state index contributed by atoms with van der Waals surface area (Å²) in [6.07, 6.45) is 0.611. The van der Waals surface area contributed by atoms with Crippen molar-refractivity contribution < 1.29 is 5.11 Å². The van der Waals surface area contributed by atoms with E-state index in [-0.39, 0.29) is 0 Å². The highest BCUT2D eigenvalue weighted by Gasteiger charge is 2.12. The Morgan fingerprint density at radius 2 is 2.13 bits per heavy atom. The Morgan fingerprint density at radius 3 is 2.73 bits per heavy atom. The molecule has 0 aromatic heterocycles. The zero-order valence-electron chi connectivity index (χ0n) is 9.26. The minimum atomic E-state index is -0.922. The van der Waals surface area contributed by atoms with Gasteiger partial charge in [-0.05, 0) is 38.0 Å². The van der Waals surface area contributed by atoms with Crippen LogP contribution in [0.25, 0.3) is 0 Å². The summed E-state index contributed by atoms with van der Waals surface area (Å²) in [6.45, 7) is 5.58. The fourth-order valence-electron chi connectivity index (χ4n) is 1.02. The van der Waals surface area contributed by atoms with E-state index < -0.39 is 5.60 Å². The SMILES string of the molecule is CCC(C)(O)C#Cc1cc(Cl)ccc1C. The van der Waals surface area contributed by atoms with Gasteiger partial charge in [0.15, 0.2) is 0 Å². The van der Waals surface area contributed by atoms with Gasteiger partial charge >= 0.3 is 0 Å². The first-order valence-electron chi connectivity index (χ1n) is 4.96. The Kier molecular flexibility index (Phi) is 3.79. The zero-order chi connectivity index (χ0) is 11.5. The number of hydrogen-bond donors (Lipinski definition) is 1. The predicted molar refractivity (Wildman–Crippen MR) is 64.0 cm³/mol. The Balaban J connectivity index is 3.03. The second-order valence-corrected chi connectivity index (χ2v) is 4.27. The summed E-state index contributed by atoms with van der Waals surface area (Å²) in [5.74, 6) is 5.80. The molecule has 80 valence electrons. The van der Waals surface area contributed by atoms with E-state index in [1.54, 1.807) is 6.92 Å². The number of benzene rings is 1. The smallest absolute Gasteiger partial charge is 0.122 e. The molecule has 0 bridgehead atoms. The molecule has 0 saturated carbocycles. The fourth-order valence-corrected chi connectivity index (χ4v) is 1.19. The highest BCUT2D eigenvalue weighted by atomic mass is 35.5. The third kappa shape index (κ3) is 3.58. The molecular formula is C13H15ClO. The van der Waals surface area contributed by atoms with E-state index in [2.05, 4.69) is 11.8 Å². The molecule has 0 amide bonds. The molecule has 1 unspecified atom stereocenters. The van der Waals surface area contributed by atoms with Crippen molar-refractivity contribution in [1.82, 2.24) is 0 Å². The molecule has 1 N–H and O–H groups in total. The molecule has 0 aliphatic rings. The lowest BCUT2D eigenvalue weighted by atomic mass is 10.0. The molecule has 0 aliphatic carbocycles. The van der Waals surface area contributed by atoms with E-state index in [0.717, 1.165) is 11.1 Å². The maximum absolute atomic E-state index is 9.74. The summed E-state index contributed by atoms with van der Waals surface area (Å²) in [5.41, 5.74) is 1.02. The van der Waals surface area contributed by atoms with Gasteiger partial charge < -0.3 is 5.11 Å². The first kappa shape index (κ1) is 12.1. The van der Waals surface area contributed by atoms with Gasteiger partial charge in [0, 0.05) is 10.6 Å². The molecule has 0 fully saturated rings. The molecule has 0 saturated heterocycles. The maximum atomic E-state index is 9.74. The average molecular weight is 223 g/mol. The molecule has 15 heavy (non-hydrogen) atoms. The third-order valence-corrected chi connectivity index (χ3v) is 2.59. The predicted octanol–water partition coefficient (Wildman–Crippen LogP) is 3.16. The van der Waals surface area contributed by atoms with Crippen molar-refractivity contribution in [2.75, 3.05) is 0 Å². The van der Waals surface area contributed by atoms with Crippen LogP contribution in [0.2, 0.25) is 5.02 Å². The lowest BCUT2D eigenvalue weighted by Crippen LogP contribution is -2.19. The fraction of sp³-hybridized carbons (Fsp3) is 0.385. The lowest BCUT2D eigenvalue weighted by molar-refractivity contribution is 0.118. The minimum Gasteiger partial charge on any atom is -0.378 e. The number of aryl methyl sites for hydroxylation is 1. The number of hydrogen-bond acceptors (Lipinski definition) is 1. The van der Waals surface area contributed by atoms with E-state index in [1.807, 2.05) is 32.0 Å². The Bertz CT molecular complexity index is 410. The van der Waals surface area contributed by atoms with Crippen molar-refractivity contribution in [2.24, 2.45) is 0 Å². The summed E-state index contributed by atoms with van der Waals surface area (Å²) in [4.78, 5) is 0. The van der Waals surface area contributed by atoms with Crippen LogP contribution in [-0.2, 0) is 0 Å². The standard InChI is InChI=1S/C13H15ClO/c1-4-13(3,15)8-7-11-9-12(14)6-5-10(11)2/h5-6,9,15H,4H2,1-3H3. The first-order chi connectivity index (χ1) is 6.94. The van der Waals surface area contributed by atoms with Gasteiger partial charge in [-0.25, -0.2) is 0 Å². The molecule has 1 rings (SSSR count). The molecule has 1 aromatic carbocycles. The first-order valence-corrected chi connectivity index (χ1v) is 5.34. The quantitative estimate of drug-likeness (QED) is 0.724. The van der Waals surface area contributed by atoms with Crippen LogP contribution < -0.4 is 0 Å². The Morgan fingerprint density at radius 1 is 1.47 bits per heavy atom. The molecule has 2 heteroatoms. The van der Waals surface area contributed by atoms with Gasteiger partial charge in [-0.15, -0.1) is 0 Å². The summed E-state index contributed by atoms with van der Waals surface area (Å²) >= 11 is 5.87. The van der Waals surface area contributed by atoms with Gasteiger partial charge in [0.05, 0.1) is 0 Å². The van der Waals surface area contributed by atoms with Crippen molar-refractivity contribution in [2.45, 2.75) is 32.8 Å². The van der Waals surface area contributed by atoms with Crippen LogP contribution in [0.15, 0.2) is 18.2 Å². The summed E-state index contributed by atoms with van der Waals surface area (Å²) in [5, 5.41) is 10.4. The van der Waals surface area contributed by atoms with Crippen molar-refractivity contribution in [3.8, 4) is 11.8 Å². The molecule has 0 heterocycles. The normalized spacial score (nSPS) is 13.9. The second-order valence-electron chi connectivity index (χ2n) is 3.84. The van der Waals surface area contributed by atoms with Crippen LogP contribution in [0.3, 0.4) is 0 Å².